The Balaban J connectivity index is 2.16. The summed E-state index contributed by atoms with van der Waals surface area (Å²) in [6.07, 6.45) is 0. The first-order chi connectivity index (χ1) is 9.99. The summed E-state index contributed by atoms with van der Waals surface area (Å²) in [4.78, 5) is 20.9. The van der Waals surface area contributed by atoms with Crippen LogP contribution < -0.4 is 4.74 Å². The molecule has 0 spiro atoms. The molecule has 0 fully saturated rings. The van der Waals surface area contributed by atoms with Crippen LogP contribution in [0.5, 0.6) is 5.75 Å². The fourth-order valence-corrected chi connectivity index (χ4v) is 1.71. The van der Waals surface area contributed by atoms with Gasteiger partial charge in [-0.25, -0.2) is 9.18 Å². The summed E-state index contributed by atoms with van der Waals surface area (Å²) >= 11 is 0. The molecule has 0 amide bonds. The van der Waals surface area contributed by atoms with E-state index in [2.05, 4.69) is 0 Å². The first-order valence-corrected chi connectivity index (χ1v) is 5.87. The highest BCUT2D eigenvalue weighted by Crippen LogP contribution is 2.26. The molecule has 0 saturated carbocycles. The molecule has 0 aliphatic heterocycles. The number of nitro benzene ring substituents is 1. The second kappa shape index (κ2) is 6.00. The second-order valence-electron chi connectivity index (χ2n) is 4.13. The molecule has 0 aliphatic rings. The van der Waals surface area contributed by atoms with Gasteiger partial charge in [0.1, 0.15) is 12.4 Å². The Morgan fingerprint density at radius 2 is 2.00 bits per heavy atom. The quantitative estimate of drug-likeness (QED) is 0.675. The fourth-order valence-electron chi connectivity index (χ4n) is 1.71. The van der Waals surface area contributed by atoms with Gasteiger partial charge in [0.05, 0.1) is 10.5 Å². The molecule has 0 atom stereocenters. The predicted octanol–water partition coefficient (Wildman–Crippen LogP) is 3.01. The lowest BCUT2D eigenvalue weighted by atomic mass is 10.1. The predicted molar refractivity (Wildman–Crippen MR) is 70.8 cm³/mol. The number of carboxylic acids is 1. The molecule has 0 unspecified atom stereocenters. The lowest BCUT2D eigenvalue weighted by molar-refractivity contribution is -0.385. The zero-order valence-corrected chi connectivity index (χ0v) is 10.7. The standard InChI is InChI=1S/C14H10FNO5/c15-11-7-9(5-6-10(11)14(17)18)8-21-13-4-2-1-3-12(13)16(19)20/h1-7H,8H2,(H,17,18). The maximum Gasteiger partial charge on any atom is 0.338 e. The zero-order chi connectivity index (χ0) is 15.4. The van der Waals surface area contributed by atoms with Gasteiger partial charge in [-0.15, -0.1) is 0 Å². The van der Waals surface area contributed by atoms with Crippen molar-refractivity contribution in [1.82, 2.24) is 0 Å². The van der Waals surface area contributed by atoms with Gasteiger partial charge in [0.2, 0.25) is 0 Å². The summed E-state index contributed by atoms with van der Waals surface area (Å²) in [5.41, 5.74) is -0.264. The van der Waals surface area contributed by atoms with Crippen LogP contribution in [0.15, 0.2) is 42.5 Å². The minimum Gasteiger partial charge on any atom is -0.482 e. The number of carbonyl (C=O) groups is 1. The van der Waals surface area contributed by atoms with Crippen LogP contribution in [0, 0.1) is 15.9 Å². The van der Waals surface area contributed by atoms with Crippen molar-refractivity contribution < 1.29 is 24.0 Å². The van der Waals surface area contributed by atoms with Crippen molar-refractivity contribution in [3.8, 4) is 5.75 Å². The number of halogens is 1. The molecule has 2 aromatic rings. The Morgan fingerprint density at radius 1 is 1.29 bits per heavy atom. The Morgan fingerprint density at radius 3 is 2.62 bits per heavy atom. The average Bonchev–Trinajstić information content (AvgIpc) is 2.45. The Kier molecular flexibility index (Phi) is 4.13. The van der Waals surface area contributed by atoms with E-state index in [0.717, 1.165) is 12.1 Å². The van der Waals surface area contributed by atoms with Crippen molar-refractivity contribution in [2.75, 3.05) is 0 Å². The van der Waals surface area contributed by atoms with E-state index < -0.39 is 22.3 Å². The highest BCUT2D eigenvalue weighted by atomic mass is 19.1. The summed E-state index contributed by atoms with van der Waals surface area (Å²) in [5, 5.41) is 19.5. The van der Waals surface area contributed by atoms with Crippen LogP contribution in [0.4, 0.5) is 10.1 Å². The van der Waals surface area contributed by atoms with E-state index in [0.29, 0.717) is 5.56 Å². The van der Waals surface area contributed by atoms with Crippen molar-refractivity contribution >= 4 is 11.7 Å². The smallest absolute Gasteiger partial charge is 0.338 e. The summed E-state index contributed by atoms with van der Waals surface area (Å²) in [7, 11) is 0. The van der Waals surface area contributed by atoms with E-state index in [1.807, 2.05) is 0 Å². The van der Waals surface area contributed by atoms with Crippen LogP contribution in [-0.4, -0.2) is 16.0 Å². The van der Waals surface area contributed by atoms with E-state index >= 15 is 0 Å². The molecule has 21 heavy (non-hydrogen) atoms. The number of nitro groups is 1. The number of benzene rings is 2. The number of hydrogen-bond donors (Lipinski definition) is 1. The molecule has 0 aromatic heterocycles. The van der Waals surface area contributed by atoms with Gasteiger partial charge in [-0.2, -0.15) is 0 Å². The topological polar surface area (TPSA) is 89.7 Å². The normalized spacial score (nSPS) is 10.1. The lowest BCUT2D eigenvalue weighted by Gasteiger charge is -2.07. The molecule has 0 saturated heterocycles. The molecule has 2 rings (SSSR count). The minimum atomic E-state index is -1.36. The van der Waals surface area contributed by atoms with E-state index in [1.165, 1.54) is 24.3 Å². The van der Waals surface area contributed by atoms with E-state index in [9.17, 15) is 19.3 Å². The van der Waals surface area contributed by atoms with Crippen molar-refractivity contribution in [3.63, 3.8) is 0 Å². The zero-order valence-electron chi connectivity index (χ0n) is 10.7. The van der Waals surface area contributed by atoms with Crippen LogP contribution in [0.1, 0.15) is 15.9 Å². The highest BCUT2D eigenvalue weighted by molar-refractivity contribution is 5.87. The Labute approximate surface area is 118 Å². The Hall–Kier alpha value is -2.96. The van der Waals surface area contributed by atoms with Gasteiger partial charge >= 0.3 is 11.7 Å². The van der Waals surface area contributed by atoms with Gasteiger partial charge in [-0.1, -0.05) is 18.2 Å². The van der Waals surface area contributed by atoms with E-state index in [4.69, 9.17) is 9.84 Å². The van der Waals surface area contributed by atoms with Crippen LogP contribution in [-0.2, 0) is 6.61 Å². The highest BCUT2D eigenvalue weighted by Gasteiger charge is 2.14. The minimum absolute atomic E-state index is 0.0604. The molecular formula is C14H10FNO5. The molecule has 108 valence electrons. The van der Waals surface area contributed by atoms with E-state index in [1.54, 1.807) is 6.07 Å². The third-order valence-electron chi connectivity index (χ3n) is 2.72. The monoisotopic (exact) mass is 291 g/mol. The number of ether oxygens (including phenoxy) is 1. The molecule has 6 nitrogen and oxygen atoms in total. The summed E-state index contributed by atoms with van der Waals surface area (Å²) in [5.74, 6) is -2.19. The second-order valence-corrected chi connectivity index (χ2v) is 4.13. The Bertz CT molecular complexity index is 702. The molecule has 1 N–H and O–H groups in total. The van der Waals surface area contributed by atoms with Gasteiger partial charge in [0.25, 0.3) is 0 Å². The van der Waals surface area contributed by atoms with E-state index in [-0.39, 0.29) is 18.0 Å². The van der Waals surface area contributed by atoms with Gasteiger partial charge in [0, 0.05) is 6.07 Å². The number of aromatic carboxylic acids is 1. The first-order valence-electron chi connectivity index (χ1n) is 5.87. The van der Waals surface area contributed by atoms with Gasteiger partial charge in [-0.05, 0) is 23.8 Å². The maximum atomic E-state index is 13.5. The van der Waals surface area contributed by atoms with Gasteiger partial charge in [0.15, 0.2) is 5.75 Å². The third-order valence-corrected chi connectivity index (χ3v) is 2.72. The number of rotatable bonds is 5. The number of para-hydroxylation sites is 2. The molecular weight excluding hydrogens is 281 g/mol. The van der Waals surface area contributed by atoms with Crippen molar-refractivity contribution in [2.24, 2.45) is 0 Å². The molecule has 7 heteroatoms. The van der Waals surface area contributed by atoms with Gasteiger partial charge in [-0.3, -0.25) is 10.1 Å². The number of carboxylic acid groups (broad SMARTS) is 1. The average molecular weight is 291 g/mol. The SMILES string of the molecule is O=C(O)c1ccc(COc2ccccc2[N+](=O)[O-])cc1F. The maximum absolute atomic E-state index is 13.5. The van der Waals surface area contributed by atoms with Gasteiger partial charge < -0.3 is 9.84 Å². The molecule has 0 bridgehead atoms. The third kappa shape index (κ3) is 3.33. The van der Waals surface area contributed by atoms with Crippen LogP contribution in [0.3, 0.4) is 0 Å². The fraction of sp³-hybridized carbons (Fsp3) is 0.0714. The summed E-state index contributed by atoms with van der Waals surface area (Å²) < 4.78 is 18.8. The molecule has 0 heterocycles. The molecule has 0 aliphatic carbocycles. The molecule has 2 aromatic carbocycles. The van der Waals surface area contributed by atoms with Crippen LogP contribution in [0.25, 0.3) is 0 Å². The summed E-state index contributed by atoms with van der Waals surface area (Å²) in [6.45, 7) is -0.109. The number of nitrogens with zero attached hydrogens (tertiary/aromatic N) is 1. The van der Waals surface area contributed by atoms with Crippen LogP contribution >= 0.6 is 0 Å². The van der Waals surface area contributed by atoms with Crippen molar-refractivity contribution in [2.45, 2.75) is 6.61 Å². The van der Waals surface area contributed by atoms with Crippen molar-refractivity contribution in [3.05, 3.63) is 69.5 Å². The van der Waals surface area contributed by atoms with Crippen LogP contribution in [0.2, 0.25) is 0 Å². The molecule has 0 radical (unpaired) electrons. The lowest BCUT2D eigenvalue weighted by Crippen LogP contribution is -2.03. The largest absolute Gasteiger partial charge is 0.482 e. The van der Waals surface area contributed by atoms with Crippen molar-refractivity contribution in [1.29, 1.82) is 0 Å². The first kappa shape index (κ1) is 14.4. The number of hydrogen-bond acceptors (Lipinski definition) is 4. The summed E-state index contributed by atoms with van der Waals surface area (Å²) in [6, 6.07) is 9.35.